The molecule has 0 heterocycles. The summed E-state index contributed by atoms with van der Waals surface area (Å²) in [7, 11) is -2.24. The largest absolute Gasteiger partial charge is 0.513 e. The van der Waals surface area contributed by atoms with Crippen LogP contribution in [-0.4, -0.2) is 16.8 Å². The van der Waals surface area contributed by atoms with Crippen LogP contribution >= 0.6 is 8.03 Å². The van der Waals surface area contributed by atoms with Gasteiger partial charge in [-0.25, -0.2) is 0 Å². The van der Waals surface area contributed by atoms with Crippen molar-refractivity contribution in [3.8, 4) is 0 Å². The Morgan fingerprint density at radius 1 is 1.86 bits per heavy atom. The topological polar surface area (TPSA) is 54.4 Å². The van der Waals surface area contributed by atoms with Gasteiger partial charge in [-0.05, 0) is 11.5 Å². The van der Waals surface area contributed by atoms with Gasteiger partial charge >= 0.3 is 8.03 Å². The van der Waals surface area contributed by atoms with Gasteiger partial charge in [0.25, 0.3) is 0 Å². The Morgan fingerprint density at radius 2 is 2.29 bits per heavy atom. The van der Waals surface area contributed by atoms with E-state index in [4.69, 9.17) is 4.89 Å². The van der Waals surface area contributed by atoms with Crippen LogP contribution in [0.25, 0.3) is 0 Å². The van der Waals surface area contributed by atoms with E-state index >= 15 is 0 Å². The Bertz CT molecular complexity index is 86.4. The highest BCUT2D eigenvalue weighted by Crippen LogP contribution is 2.10. The van der Waals surface area contributed by atoms with E-state index < -0.39 is 8.03 Å². The van der Waals surface area contributed by atoms with Crippen LogP contribution in [-0.2, 0) is 9.36 Å². The van der Waals surface area contributed by atoms with E-state index in [9.17, 15) is 9.36 Å². The van der Waals surface area contributed by atoms with Crippen molar-refractivity contribution in [2.75, 3.05) is 6.16 Å². The molecule has 0 aliphatic rings. The first kappa shape index (κ1) is 6.73. The van der Waals surface area contributed by atoms with E-state index in [0.717, 1.165) is 0 Å². The van der Waals surface area contributed by atoms with Crippen molar-refractivity contribution in [3.05, 3.63) is 0 Å². The van der Waals surface area contributed by atoms with Crippen molar-refractivity contribution in [2.45, 2.75) is 6.92 Å². The monoisotopic (exact) mass is 121 g/mol. The molecule has 1 N–H and O–H groups in total. The molecule has 0 fully saturated rings. The van der Waals surface area contributed by atoms with E-state index in [-0.39, 0.29) is 11.9 Å². The maximum atomic E-state index is 9.91. The van der Waals surface area contributed by atoms with E-state index in [2.05, 4.69) is 0 Å². The maximum absolute atomic E-state index is 9.91. The Kier molecular flexibility index (Phi) is 2.72. The highest BCUT2D eigenvalue weighted by molar-refractivity contribution is 7.39. The summed E-state index contributed by atoms with van der Waals surface area (Å²) < 4.78 is 9.74. The molecule has 0 rings (SSSR count). The molecule has 0 saturated heterocycles. The second-order valence-electron chi connectivity index (χ2n) is 1.21. The molecule has 0 bridgehead atoms. The summed E-state index contributed by atoms with van der Waals surface area (Å²) in [4.78, 5) is 17.9. The molecule has 1 unspecified atom stereocenters. The molecule has 7 heavy (non-hydrogen) atoms. The second kappa shape index (κ2) is 2.83. The van der Waals surface area contributed by atoms with Crippen molar-refractivity contribution < 1.29 is 14.3 Å². The van der Waals surface area contributed by atoms with E-state index in [0.29, 0.717) is 0 Å². The van der Waals surface area contributed by atoms with Crippen LogP contribution in [0.2, 0.25) is 0 Å². The summed E-state index contributed by atoms with van der Waals surface area (Å²) >= 11 is 0. The Morgan fingerprint density at radius 3 is 2.29 bits per heavy atom. The van der Waals surface area contributed by atoms with Crippen molar-refractivity contribution in [1.82, 2.24) is 0 Å². The highest BCUT2D eigenvalue weighted by atomic mass is 31.1. The van der Waals surface area contributed by atoms with Crippen molar-refractivity contribution in [3.63, 3.8) is 0 Å². The average Bonchev–Trinajstić information content (AvgIpc) is 1.27. The molecule has 3 nitrogen and oxygen atoms in total. The van der Waals surface area contributed by atoms with Gasteiger partial charge in [0.2, 0.25) is 6.16 Å². The summed E-state index contributed by atoms with van der Waals surface area (Å²) in [5.41, 5.74) is 0. The smallest absolute Gasteiger partial charge is 0.295 e. The lowest BCUT2D eigenvalue weighted by molar-refractivity contribution is -0.114. The first-order valence-corrected chi connectivity index (χ1v) is 3.15. The lowest BCUT2D eigenvalue weighted by Crippen LogP contribution is -1.91. The van der Waals surface area contributed by atoms with Crippen LogP contribution in [0.1, 0.15) is 6.92 Å². The molecule has 0 saturated carbocycles. The molecule has 0 aromatic rings. The predicted octanol–water partition coefficient (Wildman–Crippen LogP) is 0.310. The third-order valence-electron chi connectivity index (χ3n) is 0.358. The van der Waals surface area contributed by atoms with Crippen LogP contribution < -0.4 is 0 Å². The minimum atomic E-state index is -2.24. The van der Waals surface area contributed by atoms with Crippen molar-refractivity contribution >= 4 is 13.8 Å². The van der Waals surface area contributed by atoms with Crippen LogP contribution in [0.4, 0.5) is 0 Å². The lowest BCUT2D eigenvalue weighted by Gasteiger charge is -1.68. The SMILES string of the molecule is CC(=O)C[P+](=O)O. The number of carbonyl (C=O) groups is 1. The summed E-state index contributed by atoms with van der Waals surface area (Å²) in [6.45, 7) is 1.28. The quantitative estimate of drug-likeness (QED) is 0.535. The third-order valence-corrected chi connectivity index (χ3v) is 1.07. The van der Waals surface area contributed by atoms with Crippen LogP contribution in [0.15, 0.2) is 0 Å². The summed E-state index contributed by atoms with van der Waals surface area (Å²) in [5.74, 6) is -0.247. The van der Waals surface area contributed by atoms with Gasteiger partial charge in [0.1, 0.15) is 0 Å². The van der Waals surface area contributed by atoms with Gasteiger partial charge in [-0.15, -0.1) is 0 Å². The van der Waals surface area contributed by atoms with Crippen LogP contribution in [0.5, 0.6) is 0 Å². The molecule has 1 atom stereocenters. The Hall–Kier alpha value is -0.270. The molecule has 0 amide bonds. The summed E-state index contributed by atoms with van der Waals surface area (Å²) in [5, 5.41) is 0. The number of hydrogen-bond acceptors (Lipinski definition) is 2. The number of rotatable bonds is 2. The maximum Gasteiger partial charge on any atom is 0.513 e. The summed E-state index contributed by atoms with van der Waals surface area (Å²) in [6.07, 6.45) is -0.213. The molecule has 0 spiro atoms. The Balaban J connectivity index is 3.32. The number of hydrogen-bond donors (Lipinski definition) is 1. The average molecular weight is 121 g/mol. The number of carbonyl (C=O) groups excluding carboxylic acids is 1. The van der Waals surface area contributed by atoms with E-state index in [1.54, 1.807) is 0 Å². The van der Waals surface area contributed by atoms with Gasteiger partial charge in [0.15, 0.2) is 5.78 Å². The zero-order valence-corrected chi connectivity index (χ0v) is 4.81. The van der Waals surface area contributed by atoms with Crippen molar-refractivity contribution in [2.24, 2.45) is 0 Å². The van der Waals surface area contributed by atoms with Gasteiger partial charge in [0, 0.05) is 0 Å². The fourth-order valence-electron chi connectivity index (χ4n) is 0.190. The highest BCUT2D eigenvalue weighted by Gasteiger charge is 2.12. The second-order valence-corrected chi connectivity index (χ2v) is 2.23. The lowest BCUT2D eigenvalue weighted by atomic mass is 10.5. The van der Waals surface area contributed by atoms with E-state index in [1.807, 2.05) is 0 Å². The molecule has 0 aromatic heterocycles. The predicted molar refractivity (Wildman–Crippen MR) is 25.4 cm³/mol. The molecule has 0 radical (unpaired) electrons. The fourth-order valence-corrected chi connectivity index (χ4v) is 0.571. The van der Waals surface area contributed by atoms with Gasteiger partial charge in [0.05, 0.1) is 0 Å². The van der Waals surface area contributed by atoms with Crippen molar-refractivity contribution in [1.29, 1.82) is 0 Å². The molecule has 0 aliphatic heterocycles. The molecule has 0 aromatic carbocycles. The minimum absolute atomic E-state index is 0.213. The molecule has 0 aliphatic carbocycles. The molecule has 4 heteroatoms. The first-order valence-electron chi connectivity index (χ1n) is 1.76. The summed E-state index contributed by atoms with van der Waals surface area (Å²) in [6, 6.07) is 0. The molecular formula is C3H6O3P+. The molecular weight excluding hydrogens is 115 g/mol. The van der Waals surface area contributed by atoms with E-state index in [1.165, 1.54) is 6.92 Å². The zero-order valence-electron chi connectivity index (χ0n) is 3.92. The zero-order chi connectivity index (χ0) is 5.86. The van der Waals surface area contributed by atoms with Crippen LogP contribution in [0.3, 0.4) is 0 Å². The fraction of sp³-hybridized carbons (Fsp3) is 0.667. The number of Topliss-reactive ketones (excluding diaryl/α,β-unsaturated/α-hetero) is 1. The molecule has 40 valence electrons. The van der Waals surface area contributed by atoms with Gasteiger partial charge < -0.3 is 0 Å². The third kappa shape index (κ3) is 5.73. The Labute approximate surface area is 42.2 Å². The van der Waals surface area contributed by atoms with Crippen LogP contribution in [0, 0.1) is 0 Å². The number of ketones is 1. The van der Waals surface area contributed by atoms with Gasteiger partial charge in [-0.3, -0.25) is 4.79 Å². The van der Waals surface area contributed by atoms with Gasteiger partial charge in [-0.1, -0.05) is 0 Å². The normalized spacial score (nSPS) is 10.9. The standard InChI is InChI=1S/C3H5O3P/c1-3(4)2-7(5)6/h2H2,1H3/p+1. The minimum Gasteiger partial charge on any atom is -0.295 e. The van der Waals surface area contributed by atoms with Gasteiger partial charge in [-0.2, -0.15) is 4.89 Å². The first-order chi connectivity index (χ1) is 3.13.